The van der Waals surface area contributed by atoms with E-state index in [0.29, 0.717) is 12.5 Å². The van der Waals surface area contributed by atoms with Crippen molar-refractivity contribution in [1.29, 1.82) is 0 Å². The largest absolute Gasteiger partial charge is 0.412 e. The van der Waals surface area contributed by atoms with E-state index in [1.807, 2.05) is 0 Å². The molecule has 0 aliphatic heterocycles. The van der Waals surface area contributed by atoms with Crippen LogP contribution in [-0.4, -0.2) is 23.2 Å². The molecule has 1 saturated carbocycles. The monoisotopic (exact) mass is 278 g/mol. The van der Waals surface area contributed by atoms with Gasteiger partial charge in [-0.25, -0.2) is 0 Å². The molecular formula is C14H21F3O2. The average Bonchev–Trinajstić information content (AvgIpc) is 2.28. The molecule has 0 amide bonds. The predicted octanol–water partition coefficient (Wildman–Crippen LogP) is 3.79. The van der Waals surface area contributed by atoms with E-state index in [4.69, 9.17) is 5.11 Å². The van der Waals surface area contributed by atoms with Crippen LogP contribution in [0.3, 0.4) is 0 Å². The summed E-state index contributed by atoms with van der Waals surface area (Å²) >= 11 is 0. The molecule has 19 heavy (non-hydrogen) atoms. The van der Waals surface area contributed by atoms with Gasteiger partial charge < -0.3 is 5.11 Å². The van der Waals surface area contributed by atoms with Crippen molar-refractivity contribution < 1.29 is 23.1 Å². The molecule has 2 nitrogen and oxygen atoms in total. The van der Waals surface area contributed by atoms with Crippen LogP contribution in [-0.2, 0) is 4.79 Å². The summed E-state index contributed by atoms with van der Waals surface area (Å²) in [5, 5.41) is 9.08. The third-order valence-corrected chi connectivity index (χ3v) is 3.48. The smallest absolute Gasteiger partial charge is 0.393 e. The maximum absolute atomic E-state index is 11.9. The minimum Gasteiger partial charge on any atom is -0.393 e. The molecule has 0 unspecified atom stereocenters. The van der Waals surface area contributed by atoms with Crippen LogP contribution in [0.25, 0.3) is 0 Å². The average molecular weight is 278 g/mol. The lowest BCUT2D eigenvalue weighted by Gasteiger charge is -2.21. The quantitative estimate of drug-likeness (QED) is 0.732. The summed E-state index contributed by atoms with van der Waals surface area (Å²) in [4.78, 5) is 10.5. The molecule has 5 heteroatoms. The number of alkyl halides is 3. The summed E-state index contributed by atoms with van der Waals surface area (Å²) in [5.74, 6) is 0.349. The SMILES string of the molecule is C[C@@H]1CCC[C@@H](O)C1.O=C1C=C(C(F)(F)F)CCC1. The fourth-order valence-electron chi connectivity index (χ4n) is 2.42. The van der Waals surface area contributed by atoms with E-state index in [1.54, 1.807) is 0 Å². The molecule has 2 rings (SSSR count). The predicted molar refractivity (Wildman–Crippen MR) is 66.6 cm³/mol. The Hall–Kier alpha value is -0.840. The fourth-order valence-corrected chi connectivity index (χ4v) is 2.42. The van der Waals surface area contributed by atoms with Gasteiger partial charge in [-0.1, -0.05) is 19.8 Å². The molecule has 0 heterocycles. The second-order valence-electron chi connectivity index (χ2n) is 5.41. The number of ketones is 1. The number of halogens is 3. The van der Waals surface area contributed by atoms with Crippen LogP contribution in [0.4, 0.5) is 13.2 Å². The van der Waals surface area contributed by atoms with E-state index in [-0.39, 0.29) is 18.9 Å². The van der Waals surface area contributed by atoms with Crippen LogP contribution in [0.15, 0.2) is 11.6 Å². The number of allylic oxidation sites excluding steroid dienone is 2. The van der Waals surface area contributed by atoms with Gasteiger partial charge in [-0.05, 0) is 37.7 Å². The van der Waals surface area contributed by atoms with Crippen molar-refractivity contribution in [3.8, 4) is 0 Å². The second-order valence-corrected chi connectivity index (χ2v) is 5.41. The van der Waals surface area contributed by atoms with Gasteiger partial charge in [-0.2, -0.15) is 13.2 Å². The number of aliphatic hydroxyl groups is 1. The Morgan fingerprint density at radius 3 is 2.26 bits per heavy atom. The summed E-state index contributed by atoms with van der Waals surface area (Å²) in [6.45, 7) is 2.21. The molecule has 2 aliphatic carbocycles. The molecule has 0 aromatic rings. The van der Waals surface area contributed by atoms with Gasteiger partial charge >= 0.3 is 6.18 Å². The molecule has 0 saturated heterocycles. The first-order chi connectivity index (χ1) is 8.79. The summed E-state index contributed by atoms with van der Waals surface area (Å²) in [6, 6.07) is 0. The Labute approximate surface area is 111 Å². The number of aliphatic hydroxyl groups excluding tert-OH is 1. The fraction of sp³-hybridized carbons (Fsp3) is 0.786. The minimum atomic E-state index is -4.31. The summed E-state index contributed by atoms with van der Waals surface area (Å²) in [5.41, 5.74) is -0.686. The van der Waals surface area contributed by atoms with Crippen LogP contribution >= 0.6 is 0 Å². The van der Waals surface area contributed by atoms with E-state index in [2.05, 4.69) is 6.92 Å². The highest BCUT2D eigenvalue weighted by atomic mass is 19.4. The molecule has 2 atom stereocenters. The lowest BCUT2D eigenvalue weighted by molar-refractivity contribution is -0.118. The van der Waals surface area contributed by atoms with Crippen molar-refractivity contribution in [2.75, 3.05) is 0 Å². The summed E-state index contributed by atoms with van der Waals surface area (Å²) < 4.78 is 35.7. The van der Waals surface area contributed by atoms with E-state index in [0.717, 1.165) is 18.8 Å². The highest BCUT2D eigenvalue weighted by Crippen LogP contribution is 2.31. The molecule has 0 radical (unpaired) electrons. The van der Waals surface area contributed by atoms with E-state index >= 15 is 0 Å². The second kappa shape index (κ2) is 7.08. The van der Waals surface area contributed by atoms with Gasteiger partial charge in [0.2, 0.25) is 0 Å². The molecule has 0 aromatic carbocycles. The number of rotatable bonds is 0. The van der Waals surface area contributed by atoms with Crippen LogP contribution in [0.5, 0.6) is 0 Å². The maximum Gasteiger partial charge on any atom is 0.412 e. The molecule has 0 bridgehead atoms. The van der Waals surface area contributed by atoms with Crippen LogP contribution in [0, 0.1) is 5.92 Å². The zero-order chi connectivity index (χ0) is 14.5. The zero-order valence-corrected chi connectivity index (χ0v) is 11.2. The van der Waals surface area contributed by atoms with Crippen LogP contribution < -0.4 is 0 Å². The third kappa shape index (κ3) is 6.23. The maximum atomic E-state index is 11.9. The highest BCUT2D eigenvalue weighted by Gasteiger charge is 2.34. The summed E-state index contributed by atoms with van der Waals surface area (Å²) in [6.07, 6.45) is 1.57. The van der Waals surface area contributed by atoms with Crippen molar-refractivity contribution in [2.45, 2.75) is 64.1 Å². The first kappa shape index (κ1) is 16.2. The molecule has 110 valence electrons. The Balaban J connectivity index is 0.000000200. The van der Waals surface area contributed by atoms with Gasteiger partial charge in [0.05, 0.1) is 6.10 Å². The van der Waals surface area contributed by atoms with Gasteiger partial charge in [0, 0.05) is 12.0 Å². The van der Waals surface area contributed by atoms with E-state index < -0.39 is 17.5 Å². The topological polar surface area (TPSA) is 37.3 Å². The summed E-state index contributed by atoms with van der Waals surface area (Å²) in [7, 11) is 0. The van der Waals surface area contributed by atoms with Gasteiger partial charge in [0.15, 0.2) is 5.78 Å². The van der Waals surface area contributed by atoms with Crippen LogP contribution in [0.2, 0.25) is 0 Å². The van der Waals surface area contributed by atoms with Crippen molar-refractivity contribution in [1.82, 2.24) is 0 Å². The van der Waals surface area contributed by atoms with Crippen LogP contribution in [0.1, 0.15) is 51.9 Å². The molecule has 0 spiro atoms. The number of hydrogen-bond acceptors (Lipinski definition) is 2. The van der Waals surface area contributed by atoms with Gasteiger partial charge in [-0.15, -0.1) is 0 Å². The van der Waals surface area contributed by atoms with Crippen molar-refractivity contribution in [3.05, 3.63) is 11.6 Å². The number of carbonyl (C=O) groups excluding carboxylic acids is 1. The normalized spacial score (nSPS) is 28.3. The third-order valence-electron chi connectivity index (χ3n) is 3.48. The molecule has 1 fully saturated rings. The zero-order valence-electron chi connectivity index (χ0n) is 11.2. The van der Waals surface area contributed by atoms with Gasteiger partial charge in [0.1, 0.15) is 0 Å². The lowest BCUT2D eigenvalue weighted by Crippen LogP contribution is -2.16. The van der Waals surface area contributed by atoms with Gasteiger partial charge in [-0.3, -0.25) is 4.79 Å². The molecule has 1 N–H and O–H groups in total. The molecular weight excluding hydrogens is 257 g/mol. The number of hydrogen-bond donors (Lipinski definition) is 1. The molecule has 2 aliphatic rings. The van der Waals surface area contributed by atoms with E-state index in [1.165, 1.54) is 12.8 Å². The van der Waals surface area contributed by atoms with Crippen molar-refractivity contribution >= 4 is 5.78 Å². The number of carbonyl (C=O) groups is 1. The first-order valence-electron chi connectivity index (χ1n) is 6.77. The molecule has 0 aromatic heterocycles. The Morgan fingerprint density at radius 1 is 1.21 bits per heavy atom. The Morgan fingerprint density at radius 2 is 1.89 bits per heavy atom. The van der Waals surface area contributed by atoms with Crippen molar-refractivity contribution in [2.24, 2.45) is 5.92 Å². The first-order valence-corrected chi connectivity index (χ1v) is 6.77. The minimum absolute atomic E-state index is 0.0127. The Kier molecular flexibility index (Phi) is 6.04. The van der Waals surface area contributed by atoms with E-state index in [9.17, 15) is 18.0 Å². The van der Waals surface area contributed by atoms with Crippen molar-refractivity contribution in [3.63, 3.8) is 0 Å². The Bertz CT molecular complexity index is 326. The lowest BCUT2D eigenvalue weighted by atomic mass is 9.89. The highest BCUT2D eigenvalue weighted by molar-refractivity contribution is 5.91. The standard InChI is InChI=1S/C7H7F3O.C7H14O/c8-7(9,10)5-2-1-3-6(11)4-5;1-6-3-2-4-7(8)5-6/h4H,1-3H2;6-8H,2-5H2,1H3/t;6-,7-/m.1/s1. The van der Waals surface area contributed by atoms with Gasteiger partial charge in [0.25, 0.3) is 0 Å².